The van der Waals surface area contributed by atoms with Crippen LogP contribution in [0.1, 0.15) is 21.6 Å². The number of aromatic nitrogens is 2. The molecule has 5 nitrogen and oxygen atoms in total. The lowest BCUT2D eigenvalue weighted by Crippen LogP contribution is -2.31. The number of ether oxygens (including phenoxy) is 1. The van der Waals surface area contributed by atoms with Crippen molar-refractivity contribution in [2.45, 2.75) is 13.8 Å². The van der Waals surface area contributed by atoms with Crippen molar-refractivity contribution >= 4 is 16.9 Å². The molecule has 0 N–H and O–H groups in total. The number of aryl methyl sites for hydroxylation is 2. The number of hydrogen-bond donors (Lipinski definition) is 0. The number of benzene rings is 2. The molecule has 0 saturated heterocycles. The van der Waals surface area contributed by atoms with Crippen LogP contribution in [0.2, 0.25) is 0 Å². The number of nitrogens with zero attached hydrogens (tertiary/aromatic N) is 3. The van der Waals surface area contributed by atoms with Gasteiger partial charge in [0.25, 0.3) is 5.91 Å². The molecule has 0 aliphatic carbocycles. The van der Waals surface area contributed by atoms with Crippen LogP contribution in [-0.2, 0) is 0 Å². The molecule has 0 unspecified atom stereocenters. The van der Waals surface area contributed by atoms with Gasteiger partial charge in [-0.1, -0.05) is 18.2 Å². The molecular formula is C20H21N3O2. The molecular weight excluding hydrogens is 314 g/mol. The Morgan fingerprint density at radius 1 is 1.08 bits per heavy atom. The van der Waals surface area contributed by atoms with Crippen molar-refractivity contribution in [3.63, 3.8) is 0 Å². The summed E-state index contributed by atoms with van der Waals surface area (Å²) in [6, 6.07) is 13.6. The highest BCUT2D eigenvalue weighted by Crippen LogP contribution is 2.16. The van der Waals surface area contributed by atoms with E-state index >= 15 is 0 Å². The number of carbonyl (C=O) groups excluding carboxylic acids is 1. The smallest absolute Gasteiger partial charge is 0.273 e. The van der Waals surface area contributed by atoms with E-state index in [1.807, 2.05) is 50.2 Å². The van der Waals surface area contributed by atoms with Gasteiger partial charge in [0.15, 0.2) is 0 Å². The molecule has 1 aromatic heterocycles. The van der Waals surface area contributed by atoms with Crippen LogP contribution in [0.3, 0.4) is 0 Å². The molecule has 2 aromatic carbocycles. The zero-order valence-corrected chi connectivity index (χ0v) is 14.7. The van der Waals surface area contributed by atoms with Crippen LogP contribution in [0.25, 0.3) is 11.0 Å². The number of hydrogen-bond acceptors (Lipinski definition) is 4. The first-order valence-corrected chi connectivity index (χ1v) is 8.21. The largest absolute Gasteiger partial charge is 0.492 e. The van der Waals surface area contributed by atoms with Gasteiger partial charge in [-0.05, 0) is 49.2 Å². The van der Waals surface area contributed by atoms with Crippen LogP contribution < -0.4 is 4.74 Å². The van der Waals surface area contributed by atoms with E-state index in [-0.39, 0.29) is 5.91 Å². The summed E-state index contributed by atoms with van der Waals surface area (Å²) in [5.74, 6) is 0.658. The van der Waals surface area contributed by atoms with Gasteiger partial charge < -0.3 is 9.64 Å². The van der Waals surface area contributed by atoms with Crippen molar-refractivity contribution in [2.24, 2.45) is 0 Å². The van der Waals surface area contributed by atoms with Crippen molar-refractivity contribution in [1.82, 2.24) is 14.9 Å². The van der Waals surface area contributed by atoms with Gasteiger partial charge >= 0.3 is 0 Å². The van der Waals surface area contributed by atoms with Crippen molar-refractivity contribution in [3.05, 3.63) is 65.5 Å². The quantitative estimate of drug-likeness (QED) is 0.717. The van der Waals surface area contributed by atoms with E-state index in [4.69, 9.17) is 4.74 Å². The lowest BCUT2D eigenvalue weighted by Gasteiger charge is -2.17. The van der Waals surface area contributed by atoms with Crippen LogP contribution >= 0.6 is 0 Å². The van der Waals surface area contributed by atoms with Gasteiger partial charge in [0, 0.05) is 7.05 Å². The Bertz CT molecular complexity index is 888. The van der Waals surface area contributed by atoms with Gasteiger partial charge in [0.1, 0.15) is 18.1 Å². The standard InChI is InChI=1S/C20H21N3O2/c1-14-10-15(2)12-16(11-14)25-9-8-23(3)20(24)19-13-21-17-6-4-5-7-18(17)22-19/h4-7,10-13H,8-9H2,1-3H3. The predicted molar refractivity (Wildman–Crippen MR) is 97.9 cm³/mol. The molecule has 0 bridgehead atoms. The molecule has 0 spiro atoms. The molecule has 1 heterocycles. The van der Waals surface area contributed by atoms with E-state index in [0.29, 0.717) is 24.4 Å². The number of amides is 1. The van der Waals surface area contributed by atoms with Crippen LogP contribution in [-0.4, -0.2) is 41.0 Å². The van der Waals surface area contributed by atoms with Gasteiger partial charge in [0.2, 0.25) is 0 Å². The molecule has 128 valence electrons. The third kappa shape index (κ3) is 4.12. The van der Waals surface area contributed by atoms with E-state index in [1.165, 1.54) is 6.20 Å². The molecule has 25 heavy (non-hydrogen) atoms. The van der Waals surface area contributed by atoms with Crippen molar-refractivity contribution < 1.29 is 9.53 Å². The van der Waals surface area contributed by atoms with Crippen LogP contribution in [0.4, 0.5) is 0 Å². The highest BCUT2D eigenvalue weighted by Gasteiger charge is 2.14. The van der Waals surface area contributed by atoms with Crippen LogP contribution in [0.15, 0.2) is 48.7 Å². The number of fused-ring (bicyclic) bond motifs is 1. The topological polar surface area (TPSA) is 55.3 Å². The Kier molecular flexibility index (Phi) is 4.93. The first kappa shape index (κ1) is 16.9. The SMILES string of the molecule is Cc1cc(C)cc(OCCN(C)C(=O)c2cnc3ccccc3n2)c1. The summed E-state index contributed by atoms with van der Waals surface area (Å²) in [6.45, 7) is 4.97. The van der Waals surface area contributed by atoms with Gasteiger partial charge in [0.05, 0.1) is 23.8 Å². The molecule has 0 aliphatic rings. The van der Waals surface area contributed by atoms with E-state index < -0.39 is 0 Å². The second-order valence-electron chi connectivity index (χ2n) is 6.14. The Morgan fingerprint density at radius 2 is 1.76 bits per heavy atom. The fourth-order valence-corrected chi connectivity index (χ4v) is 2.67. The molecule has 3 rings (SSSR count). The van der Waals surface area contributed by atoms with Crippen LogP contribution in [0.5, 0.6) is 5.75 Å². The molecule has 1 amide bonds. The van der Waals surface area contributed by atoms with E-state index in [0.717, 1.165) is 22.4 Å². The summed E-state index contributed by atoms with van der Waals surface area (Å²) in [6.07, 6.45) is 1.52. The van der Waals surface area contributed by atoms with E-state index in [1.54, 1.807) is 11.9 Å². The summed E-state index contributed by atoms with van der Waals surface area (Å²) in [7, 11) is 1.74. The minimum absolute atomic E-state index is 0.165. The van der Waals surface area contributed by atoms with Crippen molar-refractivity contribution in [1.29, 1.82) is 0 Å². The number of para-hydroxylation sites is 2. The normalized spacial score (nSPS) is 10.7. The Labute approximate surface area is 147 Å². The van der Waals surface area contributed by atoms with E-state index in [2.05, 4.69) is 16.0 Å². The molecule has 0 saturated carbocycles. The fourth-order valence-electron chi connectivity index (χ4n) is 2.67. The molecule has 0 fully saturated rings. The van der Waals surface area contributed by atoms with E-state index in [9.17, 15) is 4.79 Å². The zero-order chi connectivity index (χ0) is 17.8. The summed E-state index contributed by atoms with van der Waals surface area (Å²) >= 11 is 0. The number of rotatable bonds is 5. The lowest BCUT2D eigenvalue weighted by atomic mass is 10.1. The minimum Gasteiger partial charge on any atom is -0.492 e. The first-order valence-electron chi connectivity index (χ1n) is 8.21. The maximum absolute atomic E-state index is 12.5. The Morgan fingerprint density at radius 3 is 2.48 bits per heavy atom. The average molecular weight is 335 g/mol. The Balaban J connectivity index is 1.61. The van der Waals surface area contributed by atoms with Gasteiger partial charge in [-0.3, -0.25) is 9.78 Å². The monoisotopic (exact) mass is 335 g/mol. The zero-order valence-electron chi connectivity index (χ0n) is 14.7. The summed E-state index contributed by atoms with van der Waals surface area (Å²) in [5, 5.41) is 0. The van der Waals surface area contributed by atoms with Crippen LogP contribution in [0, 0.1) is 13.8 Å². The van der Waals surface area contributed by atoms with Crippen molar-refractivity contribution in [2.75, 3.05) is 20.2 Å². The fraction of sp³-hybridized carbons (Fsp3) is 0.250. The van der Waals surface area contributed by atoms with Gasteiger partial charge in [-0.15, -0.1) is 0 Å². The highest BCUT2D eigenvalue weighted by atomic mass is 16.5. The molecule has 0 atom stereocenters. The summed E-state index contributed by atoms with van der Waals surface area (Å²) in [5.41, 5.74) is 4.15. The average Bonchev–Trinajstić information content (AvgIpc) is 2.59. The number of likely N-dealkylation sites (N-methyl/N-ethyl adjacent to an activating group) is 1. The lowest BCUT2D eigenvalue weighted by molar-refractivity contribution is 0.0768. The molecule has 0 radical (unpaired) electrons. The summed E-state index contributed by atoms with van der Waals surface area (Å²) < 4.78 is 5.76. The van der Waals surface area contributed by atoms with Crippen molar-refractivity contribution in [3.8, 4) is 5.75 Å². The maximum atomic E-state index is 12.5. The third-order valence-corrected chi connectivity index (χ3v) is 3.90. The second kappa shape index (κ2) is 7.30. The summed E-state index contributed by atoms with van der Waals surface area (Å²) in [4.78, 5) is 22.8. The molecule has 3 aromatic rings. The number of carbonyl (C=O) groups is 1. The Hall–Kier alpha value is -2.95. The highest BCUT2D eigenvalue weighted by molar-refractivity contribution is 5.93. The maximum Gasteiger partial charge on any atom is 0.273 e. The van der Waals surface area contributed by atoms with Gasteiger partial charge in [-0.25, -0.2) is 4.98 Å². The molecule has 5 heteroatoms. The predicted octanol–water partition coefficient (Wildman–Crippen LogP) is 3.40. The first-order chi connectivity index (χ1) is 12.0. The third-order valence-electron chi connectivity index (χ3n) is 3.90. The minimum atomic E-state index is -0.165. The van der Waals surface area contributed by atoms with Gasteiger partial charge in [-0.2, -0.15) is 0 Å². The second-order valence-corrected chi connectivity index (χ2v) is 6.14. The molecule has 0 aliphatic heterocycles.